The fourth-order valence-electron chi connectivity index (χ4n) is 6.33. The van der Waals surface area contributed by atoms with Gasteiger partial charge < -0.3 is 15.2 Å². The molecule has 1 amide bonds. The molecule has 3 aromatic rings. The standard InChI is InChI=1S/C27H27FN4O4/c28-18-3-1-16(2-4-18)17-7-21-23(33)22(25(34)30-27-9-15(10-27)11-27)26(35)32(24(21)29-12-17)6-5-31-13-19-8-20(14-31)36-19/h1-4,7,12,15,19-20,33H,5-6,8-11,13-14H2,(H,30,34). The zero-order valence-electron chi connectivity index (χ0n) is 19.7. The molecule has 1 aromatic carbocycles. The number of hydrogen-bond acceptors (Lipinski definition) is 6. The molecule has 4 bridgehead atoms. The number of piperidine rings is 1. The first kappa shape index (κ1) is 21.9. The summed E-state index contributed by atoms with van der Waals surface area (Å²) in [6, 6.07) is 7.69. The Balaban J connectivity index is 1.29. The van der Waals surface area contributed by atoms with Gasteiger partial charge in [0.2, 0.25) is 0 Å². The summed E-state index contributed by atoms with van der Waals surface area (Å²) >= 11 is 0. The molecule has 2 atom stereocenters. The van der Waals surface area contributed by atoms with Gasteiger partial charge in [-0.2, -0.15) is 0 Å². The monoisotopic (exact) mass is 490 g/mol. The van der Waals surface area contributed by atoms with Crippen LogP contribution in [-0.4, -0.2) is 62.8 Å². The molecule has 6 fully saturated rings. The van der Waals surface area contributed by atoms with Gasteiger partial charge in [0.15, 0.2) is 0 Å². The molecule has 3 saturated carbocycles. The lowest BCUT2D eigenvalue weighted by molar-refractivity contribution is -0.180. The van der Waals surface area contributed by atoms with Crippen molar-refractivity contribution < 1.29 is 19.0 Å². The lowest BCUT2D eigenvalue weighted by Gasteiger charge is -2.61. The number of ether oxygens (including phenoxy) is 1. The lowest BCUT2D eigenvalue weighted by atomic mass is 9.50. The molecule has 2 N–H and O–H groups in total. The first-order valence-electron chi connectivity index (χ1n) is 12.6. The summed E-state index contributed by atoms with van der Waals surface area (Å²) in [5.74, 6) is -0.586. The van der Waals surface area contributed by atoms with Gasteiger partial charge in [0.25, 0.3) is 11.5 Å². The fourth-order valence-corrected chi connectivity index (χ4v) is 6.33. The Hall–Kier alpha value is -3.30. The van der Waals surface area contributed by atoms with E-state index in [9.17, 15) is 19.1 Å². The predicted molar refractivity (Wildman–Crippen MR) is 130 cm³/mol. The van der Waals surface area contributed by atoms with Gasteiger partial charge in [-0.25, -0.2) is 9.37 Å². The van der Waals surface area contributed by atoms with E-state index in [2.05, 4.69) is 15.2 Å². The number of nitrogens with zero attached hydrogens (tertiary/aromatic N) is 3. The minimum atomic E-state index is -0.537. The van der Waals surface area contributed by atoms with Crippen LogP contribution in [0.2, 0.25) is 0 Å². The highest BCUT2D eigenvalue weighted by Crippen LogP contribution is 2.57. The Morgan fingerprint density at radius 3 is 2.47 bits per heavy atom. The zero-order chi connectivity index (χ0) is 24.6. The molecule has 3 aliphatic carbocycles. The highest BCUT2D eigenvalue weighted by atomic mass is 19.1. The molecule has 5 heterocycles. The maximum Gasteiger partial charge on any atom is 0.268 e. The van der Waals surface area contributed by atoms with Crippen LogP contribution < -0.4 is 10.9 Å². The third-order valence-corrected chi connectivity index (χ3v) is 8.37. The fraction of sp³-hybridized carbons (Fsp3) is 0.444. The Morgan fingerprint density at radius 2 is 1.83 bits per heavy atom. The summed E-state index contributed by atoms with van der Waals surface area (Å²) in [7, 11) is 0. The number of carbonyl (C=O) groups excluding carboxylic acids is 1. The highest BCUT2D eigenvalue weighted by Gasteiger charge is 2.57. The molecule has 2 unspecified atom stereocenters. The number of benzene rings is 1. The number of carbonyl (C=O) groups is 1. The van der Waals surface area contributed by atoms with E-state index < -0.39 is 11.5 Å². The van der Waals surface area contributed by atoms with E-state index in [1.807, 2.05) is 0 Å². The molecule has 0 spiro atoms. The number of aromatic hydroxyl groups is 1. The maximum atomic E-state index is 13.6. The van der Waals surface area contributed by atoms with Gasteiger partial charge >= 0.3 is 0 Å². The topological polar surface area (TPSA) is 96.7 Å². The number of amides is 1. The first-order valence-corrected chi connectivity index (χ1v) is 12.6. The van der Waals surface area contributed by atoms with Crippen molar-refractivity contribution in [3.63, 3.8) is 0 Å². The van der Waals surface area contributed by atoms with Crippen molar-refractivity contribution in [1.82, 2.24) is 19.8 Å². The zero-order valence-corrected chi connectivity index (χ0v) is 19.7. The van der Waals surface area contributed by atoms with E-state index in [0.29, 0.717) is 35.6 Å². The van der Waals surface area contributed by atoms with Crippen molar-refractivity contribution in [2.24, 2.45) is 5.92 Å². The van der Waals surface area contributed by atoms with Crippen LogP contribution in [0.3, 0.4) is 0 Å². The second-order valence-electron chi connectivity index (χ2n) is 10.9. The number of aromatic nitrogens is 2. The minimum absolute atomic E-state index is 0.233. The smallest absolute Gasteiger partial charge is 0.268 e. The number of halogens is 1. The average Bonchev–Trinajstić information content (AvgIpc) is 2.80. The average molecular weight is 491 g/mol. The van der Waals surface area contributed by atoms with Crippen LogP contribution in [0, 0.1) is 11.7 Å². The Bertz CT molecular complexity index is 1420. The van der Waals surface area contributed by atoms with Gasteiger partial charge in [0, 0.05) is 49.9 Å². The van der Waals surface area contributed by atoms with E-state index >= 15 is 0 Å². The van der Waals surface area contributed by atoms with Gasteiger partial charge in [-0.15, -0.1) is 0 Å². The van der Waals surface area contributed by atoms with Crippen molar-refractivity contribution in [2.45, 2.75) is 50.0 Å². The first-order chi connectivity index (χ1) is 17.4. The van der Waals surface area contributed by atoms with Crippen LogP contribution in [0.5, 0.6) is 5.75 Å². The predicted octanol–water partition coefficient (Wildman–Crippen LogP) is 2.66. The summed E-state index contributed by atoms with van der Waals surface area (Å²) in [4.78, 5) is 33.7. The molecule has 6 aliphatic rings. The van der Waals surface area contributed by atoms with Gasteiger partial charge in [0.05, 0.1) is 17.6 Å². The molecule has 8 nitrogen and oxygen atoms in total. The molecule has 9 heteroatoms. The maximum absolute atomic E-state index is 13.6. The minimum Gasteiger partial charge on any atom is -0.506 e. The number of nitrogens with one attached hydrogen (secondary N) is 1. The SMILES string of the molecule is O=C(NC12CC(C1)C2)c1c(O)c2cc(-c3ccc(F)cc3)cnc2n(CCN2CC3CC(C2)O3)c1=O. The van der Waals surface area contributed by atoms with E-state index in [1.54, 1.807) is 24.4 Å². The molecule has 9 rings (SSSR count). The van der Waals surface area contributed by atoms with Gasteiger partial charge in [-0.3, -0.25) is 19.1 Å². The third kappa shape index (κ3) is 3.44. The molecular formula is C27H27FN4O4. The Kier molecular flexibility index (Phi) is 4.78. The van der Waals surface area contributed by atoms with E-state index in [-0.39, 0.29) is 34.9 Å². The number of rotatable bonds is 6. The molecule has 3 aliphatic heterocycles. The van der Waals surface area contributed by atoms with Crippen molar-refractivity contribution >= 4 is 16.9 Å². The van der Waals surface area contributed by atoms with Crippen LogP contribution in [-0.2, 0) is 11.3 Å². The van der Waals surface area contributed by atoms with E-state index in [4.69, 9.17) is 4.74 Å². The van der Waals surface area contributed by atoms with Crippen molar-refractivity contribution in [2.75, 3.05) is 19.6 Å². The van der Waals surface area contributed by atoms with Crippen molar-refractivity contribution in [1.29, 1.82) is 0 Å². The molecule has 0 radical (unpaired) electrons. The van der Waals surface area contributed by atoms with Crippen LogP contribution in [0.25, 0.3) is 22.2 Å². The van der Waals surface area contributed by atoms with Crippen LogP contribution >= 0.6 is 0 Å². The summed E-state index contributed by atoms with van der Waals surface area (Å²) in [5, 5.41) is 14.5. The number of pyridine rings is 2. The second-order valence-corrected chi connectivity index (χ2v) is 10.9. The lowest BCUT2D eigenvalue weighted by Crippen LogP contribution is -2.68. The third-order valence-electron chi connectivity index (χ3n) is 8.37. The van der Waals surface area contributed by atoms with E-state index in [1.165, 1.54) is 16.7 Å². The largest absolute Gasteiger partial charge is 0.506 e. The summed E-state index contributed by atoms with van der Waals surface area (Å²) in [5.41, 5.74) is 0.685. The quantitative estimate of drug-likeness (QED) is 0.552. The van der Waals surface area contributed by atoms with Crippen LogP contribution in [0.15, 0.2) is 41.3 Å². The van der Waals surface area contributed by atoms with Crippen LogP contribution in [0.4, 0.5) is 4.39 Å². The molecule has 2 aromatic heterocycles. The molecular weight excluding hydrogens is 463 g/mol. The van der Waals surface area contributed by atoms with E-state index in [0.717, 1.165) is 44.3 Å². The van der Waals surface area contributed by atoms with Gasteiger partial charge in [-0.05, 0) is 48.9 Å². The Labute approximate surface area is 206 Å². The van der Waals surface area contributed by atoms with Crippen LogP contribution in [0.1, 0.15) is 36.0 Å². The normalized spacial score (nSPS) is 28.2. The van der Waals surface area contributed by atoms with Crippen molar-refractivity contribution in [3.8, 4) is 16.9 Å². The number of fused-ring (bicyclic) bond motifs is 3. The highest BCUT2D eigenvalue weighted by molar-refractivity contribution is 6.02. The molecule has 3 saturated heterocycles. The summed E-state index contributed by atoms with van der Waals surface area (Å²) in [6.07, 6.45) is 5.98. The molecule has 36 heavy (non-hydrogen) atoms. The number of hydrogen-bond donors (Lipinski definition) is 2. The molecule has 186 valence electrons. The summed E-state index contributed by atoms with van der Waals surface area (Å²) in [6.45, 7) is 2.59. The van der Waals surface area contributed by atoms with Crippen molar-refractivity contribution in [3.05, 3.63) is 58.3 Å². The summed E-state index contributed by atoms with van der Waals surface area (Å²) < 4.78 is 20.7. The Morgan fingerprint density at radius 1 is 1.14 bits per heavy atom. The van der Waals surface area contributed by atoms with Gasteiger partial charge in [0.1, 0.15) is 22.8 Å². The second kappa shape index (κ2) is 7.85. The number of morpholine rings is 1. The van der Waals surface area contributed by atoms with Gasteiger partial charge in [-0.1, -0.05) is 12.1 Å².